The number of halogens is 6. The number of anilines is 1. The maximum Gasteiger partial charge on any atom is 0.534 e. The van der Waals surface area contributed by atoms with E-state index >= 15 is 0 Å². The molecule has 142 valence electrons. The topological polar surface area (TPSA) is 55.4 Å². The Morgan fingerprint density at radius 2 is 1.69 bits per heavy atom. The van der Waals surface area contributed by atoms with Gasteiger partial charge >= 0.3 is 15.6 Å². The van der Waals surface area contributed by atoms with E-state index in [1.54, 1.807) is 19.1 Å². The fraction of sp³-hybridized carbons (Fsp3) is 0.200. The maximum atomic E-state index is 12.4. The Kier molecular flexibility index (Phi) is 6.22. The summed E-state index contributed by atoms with van der Waals surface area (Å²) < 4.78 is 63.6. The summed E-state index contributed by atoms with van der Waals surface area (Å²) in [5.74, 6) is -0.538. The fourth-order valence-corrected chi connectivity index (χ4v) is 3.20. The Morgan fingerprint density at radius 3 is 2.27 bits per heavy atom. The molecule has 0 aliphatic carbocycles. The molecule has 0 aromatic heterocycles. The molecule has 2 aromatic rings. The summed E-state index contributed by atoms with van der Waals surface area (Å²) in [6, 6.07) is 7.69. The summed E-state index contributed by atoms with van der Waals surface area (Å²) in [6.07, 6.45) is 0. The summed E-state index contributed by atoms with van der Waals surface area (Å²) in [5, 5.41) is 3.90. The highest BCUT2D eigenvalue weighted by Gasteiger charge is 2.48. The van der Waals surface area contributed by atoms with Gasteiger partial charge in [0.15, 0.2) is 0 Å². The van der Waals surface area contributed by atoms with E-state index < -0.39 is 27.4 Å². The number of alkyl halides is 3. The third kappa shape index (κ3) is 4.88. The maximum absolute atomic E-state index is 12.4. The van der Waals surface area contributed by atoms with Crippen molar-refractivity contribution in [1.29, 1.82) is 0 Å². The highest BCUT2D eigenvalue weighted by Crippen LogP contribution is 2.34. The molecule has 0 bridgehead atoms. The summed E-state index contributed by atoms with van der Waals surface area (Å²) in [5.41, 5.74) is -4.72. The van der Waals surface area contributed by atoms with Crippen LogP contribution in [0.2, 0.25) is 15.1 Å². The molecule has 0 amide bonds. The average molecular weight is 449 g/mol. The van der Waals surface area contributed by atoms with Crippen molar-refractivity contribution in [3.63, 3.8) is 0 Å². The molecular formula is C15H11Cl3F3NO3S. The first-order valence-electron chi connectivity index (χ1n) is 6.92. The second-order valence-electron chi connectivity index (χ2n) is 5.16. The molecule has 0 unspecified atom stereocenters. The van der Waals surface area contributed by atoms with Crippen LogP contribution in [-0.2, 0) is 10.1 Å². The summed E-state index contributed by atoms with van der Waals surface area (Å²) >= 11 is 18.0. The Labute approximate surface area is 162 Å². The van der Waals surface area contributed by atoms with Crippen LogP contribution in [0.15, 0.2) is 36.4 Å². The lowest BCUT2D eigenvalue weighted by Gasteiger charge is -2.19. The van der Waals surface area contributed by atoms with Crippen molar-refractivity contribution in [3.8, 4) is 5.75 Å². The molecule has 0 aliphatic rings. The molecule has 0 saturated carbocycles. The Hall–Kier alpha value is -1.35. The van der Waals surface area contributed by atoms with Crippen molar-refractivity contribution >= 4 is 50.6 Å². The SMILES string of the molecule is C[C@@H](Nc1cc(OS(=O)(=O)C(F)(F)F)ccc1Cl)c1ccc(Cl)cc1Cl. The van der Waals surface area contributed by atoms with Gasteiger partial charge in [0.05, 0.1) is 16.8 Å². The third-order valence-electron chi connectivity index (χ3n) is 3.23. The van der Waals surface area contributed by atoms with Crippen LogP contribution in [0.5, 0.6) is 5.75 Å². The smallest absolute Gasteiger partial charge is 0.377 e. The summed E-state index contributed by atoms with van der Waals surface area (Å²) in [6.45, 7) is 1.73. The van der Waals surface area contributed by atoms with Gasteiger partial charge in [-0.05, 0) is 36.8 Å². The summed E-state index contributed by atoms with van der Waals surface area (Å²) in [7, 11) is -5.78. The minimum atomic E-state index is -5.78. The third-order valence-corrected chi connectivity index (χ3v) is 5.10. The number of benzene rings is 2. The molecule has 1 atom stereocenters. The monoisotopic (exact) mass is 447 g/mol. The first-order valence-corrected chi connectivity index (χ1v) is 9.47. The highest BCUT2D eigenvalue weighted by atomic mass is 35.5. The predicted octanol–water partition coefficient (Wildman–Crippen LogP) is 6.05. The van der Waals surface area contributed by atoms with Crippen molar-refractivity contribution in [3.05, 3.63) is 57.0 Å². The molecule has 11 heteroatoms. The van der Waals surface area contributed by atoms with E-state index in [9.17, 15) is 21.6 Å². The highest BCUT2D eigenvalue weighted by molar-refractivity contribution is 7.88. The lowest BCUT2D eigenvalue weighted by molar-refractivity contribution is -0.0500. The molecule has 2 rings (SSSR count). The molecule has 2 aromatic carbocycles. The molecule has 26 heavy (non-hydrogen) atoms. The zero-order valence-corrected chi connectivity index (χ0v) is 16.0. The molecule has 0 fully saturated rings. The van der Waals surface area contributed by atoms with Crippen molar-refractivity contribution in [1.82, 2.24) is 0 Å². The van der Waals surface area contributed by atoms with Crippen LogP contribution in [0.4, 0.5) is 18.9 Å². The molecule has 0 aliphatic heterocycles. The van der Waals surface area contributed by atoms with E-state index in [0.29, 0.717) is 15.6 Å². The van der Waals surface area contributed by atoms with E-state index in [4.69, 9.17) is 34.8 Å². The lowest BCUT2D eigenvalue weighted by atomic mass is 10.1. The first-order chi connectivity index (χ1) is 11.9. The van der Waals surface area contributed by atoms with Gasteiger partial charge in [-0.15, -0.1) is 0 Å². The van der Waals surface area contributed by atoms with Crippen LogP contribution in [-0.4, -0.2) is 13.9 Å². The summed E-state index contributed by atoms with van der Waals surface area (Å²) in [4.78, 5) is 0. The molecule has 0 saturated heterocycles. The fourth-order valence-electron chi connectivity index (χ4n) is 2.00. The Morgan fingerprint density at radius 1 is 1.04 bits per heavy atom. The lowest BCUT2D eigenvalue weighted by Crippen LogP contribution is -2.28. The van der Waals surface area contributed by atoms with Crippen LogP contribution < -0.4 is 9.50 Å². The van der Waals surface area contributed by atoms with Crippen molar-refractivity contribution < 1.29 is 25.8 Å². The molecule has 0 spiro atoms. The zero-order chi connectivity index (χ0) is 19.7. The Balaban J connectivity index is 2.27. The van der Waals surface area contributed by atoms with Gasteiger partial charge in [-0.3, -0.25) is 0 Å². The van der Waals surface area contributed by atoms with E-state index in [0.717, 1.165) is 12.1 Å². The molecular weight excluding hydrogens is 438 g/mol. The molecule has 1 N–H and O–H groups in total. The van der Waals surface area contributed by atoms with E-state index in [-0.39, 0.29) is 10.7 Å². The van der Waals surface area contributed by atoms with Gasteiger partial charge in [-0.25, -0.2) is 0 Å². The second-order valence-corrected chi connectivity index (χ2v) is 7.95. The zero-order valence-electron chi connectivity index (χ0n) is 12.9. The molecule has 4 nitrogen and oxygen atoms in total. The van der Waals surface area contributed by atoms with Crippen LogP contribution in [0.25, 0.3) is 0 Å². The molecule has 0 radical (unpaired) electrons. The van der Waals surface area contributed by atoms with Gasteiger partial charge in [-0.1, -0.05) is 40.9 Å². The van der Waals surface area contributed by atoms with E-state index in [1.165, 1.54) is 12.1 Å². The molecule has 0 heterocycles. The van der Waals surface area contributed by atoms with Crippen LogP contribution >= 0.6 is 34.8 Å². The normalized spacial score (nSPS) is 13.3. The largest absolute Gasteiger partial charge is 0.534 e. The van der Waals surface area contributed by atoms with E-state index in [1.807, 2.05) is 0 Å². The van der Waals surface area contributed by atoms with Gasteiger partial charge in [0.1, 0.15) is 5.75 Å². The number of hydrogen-bond donors (Lipinski definition) is 1. The van der Waals surface area contributed by atoms with Gasteiger partial charge in [0.2, 0.25) is 0 Å². The van der Waals surface area contributed by atoms with E-state index in [2.05, 4.69) is 9.50 Å². The average Bonchev–Trinajstić information content (AvgIpc) is 2.49. The van der Waals surface area contributed by atoms with Gasteiger partial charge in [0, 0.05) is 16.1 Å². The van der Waals surface area contributed by atoms with Crippen LogP contribution in [0.1, 0.15) is 18.5 Å². The van der Waals surface area contributed by atoms with Gasteiger partial charge < -0.3 is 9.50 Å². The number of rotatable bonds is 5. The standard InChI is InChI=1S/C15H11Cl3F3NO3S/c1-8(11-4-2-9(16)6-13(11)18)22-14-7-10(3-5-12(14)17)25-26(23,24)15(19,20)21/h2-8,22H,1H3/t8-/m1/s1. The van der Waals surface area contributed by atoms with Crippen molar-refractivity contribution in [2.24, 2.45) is 0 Å². The predicted molar refractivity (Wildman–Crippen MR) is 95.6 cm³/mol. The number of nitrogens with one attached hydrogen (secondary N) is 1. The van der Waals surface area contributed by atoms with Crippen molar-refractivity contribution in [2.45, 2.75) is 18.5 Å². The Bertz CT molecular complexity index is 920. The van der Waals surface area contributed by atoms with Crippen LogP contribution in [0.3, 0.4) is 0 Å². The second kappa shape index (κ2) is 7.72. The van der Waals surface area contributed by atoms with Gasteiger partial charge in [-0.2, -0.15) is 21.6 Å². The quantitative estimate of drug-likeness (QED) is 0.447. The van der Waals surface area contributed by atoms with Gasteiger partial charge in [0.25, 0.3) is 0 Å². The van der Waals surface area contributed by atoms with Crippen molar-refractivity contribution in [2.75, 3.05) is 5.32 Å². The first kappa shape index (κ1) is 21.0. The minimum absolute atomic E-state index is 0.152. The minimum Gasteiger partial charge on any atom is -0.377 e. The number of hydrogen-bond acceptors (Lipinski definition) is 4. The van der Waals surface area contributed by atoms with Crippen LogP contribution in [0, 0.1) is 0 Å².